The zero-order chi connectivity index (χ0) is 36.1. The molecule has 1 unspecified atom stereocenters. The number of aromatic nitrogens is 3. The van der Waals surface area contributed by atoms with Crippen molar-refractivity contribution in [3.63, 3.8) is 0 Å². The van der Waals surface area contributed by atoms with Gasteiger partial charge in [-0.15, -0.1) is 0 Å². The third-order valence-corrected chi connectivity index (χ3v) is 8.62. The van der Waals surface area contributed by atoms with E-state index in [0.29, 0.717) is 67.8 Å². The number of rotatable bonds is 13. The van der Waals surface area contributed by atoms with Crippen LogP contribution in [0.2, 0.25) is 10.0 Å². The fourth-order valence-corrected chi connectivity index (χ4v) is 5.89. The molecule has 262 valence electrons. The third kappa shape index (κ3) is 7.69. The summed E-state index contributed by atoms with van der Waals surface area (Å²) in [6.07, 6.45) is 1.60. The number of ether oxygens (including phenoxy) is 4. The summed E-state index contributed by atoms with van der Waals surface area (Å²) in [5.74, 6) is 0.0791. The first-order valence-corrected chi connectivity index (χ1v) is 16.8. The van der Waals surface area contributed by atoms with Crippen molar-refractivity contribution in [2.75, 3.05) is 13.2 Å². The van der Waals surface area contributed by atoms with E-state index in [0.717, 1.165) is 0 Å². The molecular formula is C38H32Cl2FN3O7. The van der Waals surface area contributed by atoms with Crippen LogP contribution in [0.25, 0.3) is 33.6 Å². The fourth-order valence-electron chi connectivity index (χ4n) is 5.55. The van der Waals surface area contributed by atoms with Crippen LogP contribution in [0.3, 0.4) is 0 Å². The van der Waals surface area contributed by atoms with Gasteiger partial charge in [0.1, 0.15) is 41.4 Å². The van der Waals surface area contributed by atoms with Gasteiger partial charge in [0.15, 0.2) is 0 Å². The van der Waals surface area contributed by atoms with E-state index in [2.05, 4.69) is 15.0 Å². The van der Waals surface area contributed by atoms with E-state index >= 15 is 0 Å². The van der Waals surface area contributed by atoms with E-state index < -0.39 is 17.9 Å². The van der Waals surface area contributed by atoms with Gasteiger partial charge in [0.05, 0.1) is 28.8 Å². The standard InChI is InChI=1S/C38H32Cl2FN3O7/c1-4-47-35-24(16-25(39)18-42-35)19-49-29-9-7-6-8-23(29)17-30(38(46)48-5-2)50-36-32-31(27-14-15-28(45)33(40)21(27)3)34(51-37(32)44-20-43-36)22-10-12-26(41)13-11-22/h6-16,18,20,30,45H,4-5,17,19H2,1-3H3. The summed E-state index contributed by atoms with van der Waals surface area (Å²) in [5.41, 5.74) is 3.55. The highest BCUT2D eigenvalue weighted by atomic mass is 35.5. The van der Waals surface area contributed by atoms with Crippen LogP contribution in [-0.2, 0) is 22.6 Å². The van der Waals surface area contributed by atoms with Crippen molar-refractivity contribution in [2.24, 2.45) is 0 Å². The summed E-state index contributed by atoms with van der Waals surface area (Å²) < 4.78 is 43.9. The molecule has 3 aromatic heterocycles. The van der Waals surface area contributed by atoms with E-state index in [1.54, 1.807) is 44.2 Å². The van der Waals surface area contributed by atoms with E-state index in [-0.39, 0.29) is 42.0 Å². The number of benzene rings is 3. The predicted octanol–water partition coefficient (Wildman–Crippen LogP) is 8.94. The number of nitrogens with zero attached hydrogens (tertiary/aromatic N) is 3. The molecule has 13 heteroatoms. The maximum atomic E-state index is 14.0. The Hall–Kier alpha value is -5.39. The molecule has 0 aliphatic carbocycles. The topological polar surface area (TPSA) is 126 Å². The van der Waals surface area contributed by atoms with E-state index in [9.17, 15) is 14.3 Å². The lowest BCUT2D eigenvalue weighted by molar-refractivity contribution is -0.151. The van der Waals surface area contributed by atoms with Crippen LogP contribution < -0.4 is 14.2 Å². The number of pyridine rings is 1. The molecule has 0 fully saturated rings. The quantitative estimate of drug-likeness (QED) is 0.115. The molecule has 0 saturated heterocycles. The zero-order valence-corrected chi connectivity index (χ0v) is 29.3. The Balaban J connectivity index is 1.41. The van der Waals surface area contributed by atoms with Crippen molar-refractivity contribution in [3.8, 4) is 45.7 Å². The maximum absolute atomic E-state index is 14.0. The molecule has 3 aromatic carbocycles. The van der Waals surface area contributed by atoms with Crippen molar-refractivity contribution >= 4 is 40.3 Å². The highest BCUT2D eigenvalue weighted by molar-refractivity contribution is 6.33. The van der Waals surface area contributed by atoms with E-state index in [1.165, 1.54) is 30.7 Å². The van der Waals surface area contributed by atoms with Gasteiger partial charge in [-0.2, -0.15) is 0 Å². The van der Waals surface area contributed by atoms with Crippen molar-refractivity contribution < 1.29 is 37.7 Å². The minimum atomic E-state index is -1.19. The van der Waals surface area contributed by atoms with Crippen LogP contribution in [0.5, 0.6) is 23.3 Å². The van der Waals surface area contributed by atoms with Gasteiger partial charge < -0.3 is 28.5 Å². The summed E-state index contributed by atoms with van der Waals surface area (Å²) in [7, 11) is 0. The van der Waals surface area contributed by atoms with Gasteiger partial charge in [-0.1, -0.05) is 47.5 Å². The van der Waals surface area contributed by atoms with Gasteiger partial charge in [0, 0.05) is 23.7 Å². The highest BCUT2D eigenvalue weighted by Gasteiger charge is 2.30. The molecule has 6 aromatic rings. The van der Waals surface area contributed by atoms with Crippen LogP contribution >= 0.6 is 23.2 Å². The van der Waals surface area contributed by atoms with Gasteiger partial charge in [-0.3, -0.25) is 0 Å². The normalized spacial score (nSPS) is 11.7. The molecule has 10 nitrogen and oxygen atoms in total. The molecular weight excluding hydrogens is 700 g/mol. The summed E-state index contributed by atoms with van der Waals surface area (Å²) in [4.78, 5) is 26.6. The highest BCUT2D eigenvalue weighted by Crippen LogP contribution is 2.46. The first kappa shape index (κ1) is 35.4. The number of phenolic OH excluding ortho intramolecular Hbond substituents is 1. The molecule has 0 radical (unpaired) electrons. The van der Waals surface area contributed by atoms with Crippen molar-refractivity contribution in [1.29, 1.82) is 0 Å². The second-order valence-electron chi connectivity index (χ2n) is 11.3. The molecule has 3 heterocycles. The van der Waals surface area contributed by atoms with Gasteiger partial charge in [-0.05, 0) is 79.9 Å². The van der Waals surface area contributed by atoms with Crippen molar-refractivity contribution in [1.82, 2.24) is 15.0 Å². The largest absolute Gasteiger partial charge is 0.506 e. The van der Waals surface area contributed by atoms with Crippen molar-refractivity contribution in [3.05, 3.63) is 112 Å². The first-order chi connectivity index (χ1) is 24.7. The lowest BCUT2D eigenvalue weighted by Crippen LogP contribution is -2.32. The lowest BCUT2D eigenvalue weighted by Gasteiger charge is -2.20. The molecule has 0 bridgehead atoms. The van der Waals surface area contributed by atoms with Crippen LogP contribution in [0.4, 0.5) is 4.39 Å². The second-order valence-corrected chi connectivity index (χ2v) is 12.1. The van der Waals surface area contributed by atoms with E-state index in [1.807, 2.05) is 25.1 Å². The number of hydrogen-bond acceptors (Lipinski definition) is 10. The molecule has 1 atom stereocenters. The van der Waals surface area contributed by atoms with Crippen LogP contribution in [0, 0.1) is 12.7 Å². The molecule has 0 aliphatic rings. The summed E-state index contributed by atoms with van der Waals surface area (Å²) in [6, 6.07) is 17.8. The minimum absolute atomic E-state index is 0.0264. The number of esters is 1. The Bertz CT molecular complexity index is 2190. The first-order valence-electron chi connectivity index (χ1n) is 16.0. The second kappa shape index (κ2) is 15.7. The maximum Gasteiger partial charge on any atom is 0.347 e. The molecule has 6 rings (SSSR count). The number of fused-ring (bicyclic) bond motifs is 1. The monoisotopic (exact) mass is 731 g/mol. The van der Waals surface area contributed by atoms with Gasteiger partial charge >= 0.3 is 5.97 Å². The average Bonchev–Trinajstić information content (AvgIpc) is 3.51. The number of para-hydroxylation sites is 1. The fraction of sp³-hybridized carbons (Fsp3) is 0.211. The minimum Gasteiger partial charge on any atom is -0.506 e. The Morgan fingerprint density at radius 2 is 1.73 bits per heavy atom. The predicted molar refractivity (Wildman–Crippen MR) is 190 cm³/mol. The summed E-state index contributed by atoms with van der Waals surface area (Å²) in [6.45, 7) is 5.91. The van der Waals surface area contributed by atoms with Crippen molar-refractivity contribution in [2.45, 2.75) is 39.9 Å². The number of phenols is 1. The van der Waals surface area contributed by atoms with Gasteiger partial charge in [0.2, 0.25) is 23.6 Å². The average molecular weight is 733 g/mol. The number of halogens is 3. The summed E-state index contributed by atoms with van der Waals surface area (Å²) >= 11 is 12.7. The zero-order valence-electron chi connectivity index (χ0n) is 27.8. The molecule has 0 spiro atoms. The summed E-state index contributed by atoms with van der Waals surface area (Å²) in [5, 5.41) is 11.2. The lowest BCUT2D eigenvalue weighted by atomic mass is 9.95. The third-order valence-electron chi connectivity index (χ3n) is 7.93. The van der Waals surface area contributed by atoms with Gasteiger partial charge in [0.25, 0.3) is 0 Å². The molecule has 0 saturated carbocycles. The van der Waals surface area contributed by atoms with E-state index in [4.69, 9.17) is 46.6 Å². The Morgan fingerprint density at radius 3 is 2.49 bits per heavy atom. The van der Waals surface area contributed by atoms with Crippen LogP contribution in [0.15, 0.2) is 83.7 Å². The molecule has 0 aliphatic heterocycles. The Labute approximate surface area is 302 Å². The Kier molecular flexibility index (Phi) is 10.9. The number of furan rings is 1. The van der Waals surface area contributed by atoms with Crippen LogP contribution in [0.1, 0.15) is 30.5 Å². The number of carbonyl (C=O) groups is 1. The Morgan fingerprint density at radius 1 is 0.941 bits per heavy atom. The number of aromatic hydroxyl groups is 1. The number of hydrogen-bond donors (Lipinski definition) is 1. The smallest absolute Gasteiger partial charge is 0.347 e. The molecule has 1 N–H and O–H groups in total. The number of carbonyl (C=O) groups excluding carboxylic acids is 1. The SMILES string of the molecule is CCOC(=O)C(Cc1ccccc1OCc1cc(Cl)cnc1OCC)Oc1ncnc2oc(-c3ccc(F)cc3)c(-c3ccc(O)c(Cl)c3C)c12. The molecule has 51 heavy (non-hydrogen) atoms. The van der Waals surface area contributed by atoms with Gasteiger partial charge in [-0.25, -0.2) is 24.1 Å². The molecule has 0 amide bonds. The van der Waals surface area contributed by atoms with Crippen LogP contribution in [-0.4, -0.2) is 45.3 Å².